The normalized spacial score (nSPS) is 11.1. The highest BCUT2D eigenvalue weighted by atomic mass is 32.2. The first kappa shape index (κ1) is 18.6. The minimum absolute atomic E-state index is 0.0486. The van der Waals surface area contributed by atoms with Crippen molar-refractivity contribution in [1.82, 2.24) is 19.6 Å². The van der Waals surface area contributed by atoms with Crippen LogP contribution in [0.15, 0.2) is 40.3 Å². The molecule has 10 nitrogen and oxygen atoms in total. The molecule has 0 aliphatic rings. The third kappa shape index (κ3) is 4.14. The molecule has 0 bridgehead atoms. The molecule has 0 fully saturated rings. The molecule has 0 saturated heterocycles. The Morgan fingerprint density at radius 1 is 1.33 bits per heavy atom. The molecule has 2 N–H and O–H groups in total. The van der Waals surface area contributed by atoms with Gasteiger partial charge < -0.3 is 5.32 Å². The lowest BCUT2D eigenvalue weighted by Gasteiger charge is -2.09. The zero-order chi connectivity index (χ0) is 19.6. The SMILES string of the molecule is CC(C)c1cc(=O)[nH]c2nnc(SCC(=O)Nc3ccc([N+](=O)[O-])cc3)n12. The van der Waals surface area contributed by atoms with Gasteiger partial charge in [0.25, 0.3) is 11.2 Å². The standard InChI is InChI=1S/C16H16N6O4S/c1-9(2)12-7-13(23)18-15-19-20-16(21(12)15)27-8-14(24)17-10-3-5-11(6-4-10)22(25)26/h3-7,9H,8H2,1-2H3,(H,17,24)(H,18,19,23). The van der Waals surface area contributed by atoms with E-state index in [1.165, 1.54) is 42.1 Å². The van der Waals surface area contributed by atoms with Crippen LogP contribution in [0.1, 0.15) is 25.5 Å². The minimum Gasteiger partial charge on any atom is -0.325 e. The van der Waals surface area contributed by atoms with Gasteiger partial charge in [0.15, 0.2) is 5.16 Å². The van der Waals surface area contributed by atoms with Gasteiger partial charge in [-0.25, -0.2) is 0 Å². The number of hydrogen-bond acceptors (Lipinski definition) is 7. The Morgan fingerprint density at radius 2 is 2.04 bits per heavy atom. The number of nitro groups is 1. The topological polar surface area (TPSA) is 135 Å². The van der Waals surface area contributed by atoms with Crippen molar-refractivity contribution >= 4 is 34.8 Å². The van der Waals surface area contributed by atoms with Crippen molar-refractivity contribution in [3.8, 4) is 0 Å². The molecule has 140 valence electrons. The second kappa shape index (κ2) is 7.58. The van der Waals surface area contributed by atoms with Crippen molar-refractivity contribution in [3.05, 3.63) is 56.5 Å². The predicted molar refractivity (Wildman–Crippen MR) is 100 cm³/mol. The number of carbonyl (C=O) groups is 1. The summed E-state index contributed by atoms with van der Waals surface area (Å²) >= 11 is 1.18. The third-order valence-electron chi connectivity index (χ3n) is 3.69. The van der Waals surface area contributed by atoms with Gasteiger partial charge in [-0.1, -0.05) is 25.6 Å². The van der Waals surface area contributed by atoms with Crippen molar-refractivity contribution in [2.24, 2.45) is 0 Å². The lowest BCUT2D eigenvalue weighted by Crippen LogP contribution is -2.15. The van der Waals surface area contributed by atoms with E-state index in [1.54, 1.807) is 4.40 Å². The lowest BCUT2D eigenvalue weighted by molar-refractivity contribution is -0.384. The van der Waals surface area contributed by atoms with Gasteiger partial charge in [0, 0.05) is 29.6 Å². The van der Waals surface area contributed by atoms with Gasteiger partial charge in [-0.3, -0.25) is 29.1 Å². The van der Waals surface area contributed by atoms with Gasteiger partial charge >= 0.3 is 0 Å². The van der Waals surface area contributed by atoms with E-state index in [4.69, 9.17) is 0 Å². The molecule has 0 aliphatic carbocycles. The number of amides is 1. The maximum absolute atomic E-state index is 12.2. The van der Waals surface area contributed by atoms with Gasteiger partial charge in [0.05, 0.1) is 10.7 Å². The van der Waals surface area contributed by atoms with Crippen LogP contribution in [-0.4, -0.2) is 36.2 Å². The van der Waals surface area contributed by atoms with E-state index in [1.807, 2.05) is 13.8 Å². The summed E-state index contributed by atoms with van der Waals surface area (Å²) in [5.74, 6) is 0.165. The molecule has 1 aromatic carbocycles. The summed E-state index contributed by atoms with van der Waals surface area (Å²) < 4.78 is 1.72. The number of benzene rings is 1. The maximum Gasteiger partial charge on any atom is 0.269 e. The molecule has 3 aromatic rings. The molecule has 27 heavy (non-hydrogen) atoms. The number of carbonyl (C=O) groups excluding carboxylic acids is 1. The number of H-pyrrole nitrogens is 1. The van der Waals surface area contributed by atoms with Crippen LogP contribution in [0.5, 0.6) is 0 Å². The molecule has 3 rings (SSSR count). The summed E-state index contributed by atoms with van der Waals surface area (Å²) in [4.78, 5) is 36.6. The number of rotatable bonds is 6. The van der Waals surface area contributed by atoms with Crippen LogP contribution in [0, 0.1) is 10.1 Å². The van der Waals surface area contributed by atoms with E-state index in [2.05, 4.69) is 20.5 Å². The van der Waals surface area contributed by atoms with Crippen LogP contribution in [-0.2, 0) is 4.79 Å². The monoisotopic (exact) mass is 388 g/mol. The van der Waals surface area contributed by atoms with Crippen LogP contribution in [0.3, 0.4) is 0 Å². The largest absolute Gasteiger partial charge is 0.325 e. The molecule has 1 amide bonds. The molecule has 0 atom stereocenters. The summed E-state index contributed by atoms with van der Waals surface area (Å²) in [6, 6.07) is 7.06. The third-order valence-corrected chi connectivity index (χ3v) is 4.62. The first-order valence-electron chi connectivity index (χ1n) is 8.00. The summed E-state index contributed by atoms with van der Waals surface area (Å²) in [6.45, 7) is 3.90. The fourth-order valence-corrected chi connectivity index (χ4v) is 3.19. The van der Waals surface area contributed by atoms with Gasteiger partial charge in [0.2, 0.25) is 11.7 Å². The van der Waals surface area contributed by atoms with E-state index >= 15 is 0 Å². The summed E-state index contributed by atoms with van der Waals surface area (Å²) in [5.41, 5.74) is 0.903. The van der Waals surface area contributed by atoms with Crippen LogP contribution in [0.4, 0.5) is 11.4 Å². The molecular formula is C16H16N6O4S. The highest BCUT2D eigenvalue weighted by Crippen LogP contribution is 2.22. The lowest BCUT2D eigenvalue weighted by atomic mass is 10.1. The first-order chi connectivity index (χ1) is 12.8. The Labute approximate surface area is 157 Å². The second-order valence-electron chi connectivity index (χ2n) is 6.00. The van der Waals surface area contributed by atoms with E-state index in [-0.39, 0.29) is 28.8 Å². The van der Waals surface area contributed by atoms with Gasteiger partial charge in [0.1, 0.15) is 0 Å². The number of nitro benzene ring substituents is 1. The number of fused-ring (bicyclic) bond motifs is 1. The maximum atomic E-state index is 12.2. The van der Waals surface area contributed by atoms with Crippen LogP contribution in [0.2, 0.25) is 0 Å². The second-order valence-corrected chi connectivity index (χ2v) is 6.94. The van der Waals surface area contributed by atoms with Gasteiger partial charge in [-0.05, 0) is 18.1 Å². The first-order valence-corrected chi connectivity index (χ1v) is 8.99. The van der Waals surface area contributed by atoms with E-state index in [9.17, 15) is 19.7 Å². The van der Waals surface area contributed by atoms with Crippen molar-refractivity contribution in [3.63, 3.8) is 0 Å². The molecule has 0 spiro atoms. The summed E-state index contributed by atoms with van der Waals surface area (Å²) in [5, 5.41) is 21.8. The number of nitrogens with zero attached hydrogens (tertiary/aromatic N) is 4. The quantitative estimate of drug-likeness (QED) is 0.375. The Kier molecular flexibility index (Phi) is 5.21. The molecule has 0 unspecified atom stereocenters. The fourth-order valence-electron chi connectivity index (χ4n) is 2.44. The number of aromatic amines is 1. The van der Waals surface area contributed by atoms with E-state index < -0.39 is 4.92 Å². The molecule has 2 aromatic heterocycles. The molecule has 2 heterocycles. The molecule has 0 saturated carbocycles. The van der Waals surface area contributed by atoms with Crippen molar-refractivity contribution < 1.29 is 9.72 Å². The Morgan fingerprint density at radius 3 is 2.67 bits per heavy atom. The minimum atomic E-state index is -0.505. The van der Waals surface area contributed by atoms with Crippen molar-refractivity contribution in [2.75, 3.05) is 11.1 Å². The zero-order valence-electron chi connectivity index (χ0n) is 14.5. The van der Waals surface area contributed by atoms with Crippen molar-refractivity contribution in [2.45, 2.75) is 24.9 Å². The van der Waals surface area contributed by atoms with Gasteiger partial charge in [-0.15, -0.1) is 10.2 Å². The van der Waals surface area contributed by atoms with Crippen LogP contribution >= 0.6 is 11.8 Å². The predicted octanol–water partition coefficient (Wildman–Crippen LogP) is 2.18. The molecule has 0 aliphatic heterocycles. The number of anilines is 1. The average Bonchev–Trinajstić information content (AvgIpc) is 3.02. The Balaban J connectivity index is 1.72. The van der Waals surface area contributed by atoms with Crippen LogP contribution < -0.4 is 10.9 Å². The highest BCUT2D eigenvalue weighted by molar-refractivity contribution is 7.99. The molecular weight excluding hydrogens is 372 g/mol. The zero-order valence-corrected chi connectivity index (χ0v) is 15.3. The molecule has 0 radical (unpaired) electrons. The summed E-state index contributed by atoms with van der Waals surface area (Å²) in [6.07, 6.45) is 0. The van der Waals surface area contributed by atoms with Crippen molar-refractivity contribution in [1.29, 1.82) is 0 Å². The number of thioether (sulfide) groups is 1. The van der Waals surface area contributed by atoms with Crippen LogP contribution in [0.25, 0.3) is 5.78 Å². The smallest absolute Gasteiger partial charge is 0.269 e. The van der Waals surface area contributed by atoms with E-state index in [0.29, 0.717) is 16.6 Å². The molecule has 11 heteroatoms. The number of hydrogen-bond donors (Lipinski definition) is 2. The number of non-ortho nitro benzene ring substituents is 1. The Hall–Kier alpha value is -3.21. The highest BCUT2D eigenvalue weighted by Gasteiger charge is 2.15. The van der Waals surface area contributed by atoms with Gasteiger partial charge in [-0.2, -0.15) is 0 Å². The average molecular weight is 388 g/mol. The summed E-state index contributed by atoms with van der Waals surface area (Å²) in [7, 11) is 0. The fraction of sp³-hybridized carbons (Fsp3) is 0.250. The Bertz CT molecular complexity index is 1060. The number of aromatic nitrogens is 4. The number of nitrogens with one attached hydrogen (secondary N) is 2. The van der Waals surface area contributed by atoms with E-state index in [0.717, 1.165) is 5.69 Å².